The molecular weight excluding hydrogens is 356 g/mol. The number of nitrogens with zero attached hydrogens (tertiary/aromatic N) is 2. The third-order valence-electron chi connectivity index (χ3n) is 5.99. The molecule has 0 radical (unpaired) electrons. The number of likely N-dealkylation sites (tertiary alicyclic amines) is 1. The van der Waals surface area contributed by atoms with Gasteiger partial charge in [-0.05, 0) is 43.9 Å². The van der Waals surface area contributed by atoms with Crippen LogP contribution in [0.2, 0.25) is 0 Å². The maximum atomic E-state index is 13.4. The van der Waals surface area contributed by atoms with Gasteiger partial charge in [0.05, 0.1) is 20.1 Å². The Kier molecular flexibility index (Phi) is 6.47. The summed E-state index contributed by atoms with van der Waals surface area (Å²) >= 11 is 0. The number of rotatable bonds is 9. The number of carbonyl (C=O) groups excluding carboxylic acids is 2. The van der Waals surface area contributed by atoms with Gasteiger partial charge in [0.1, 0.15) is 11.5 Å². The fraction of sp³-hybridized carbons (Fsp3) is 0.636. The topological polar surface area (TPSA) is 59.1 Å². The Morgan fingerprint density at radius 1 is 1.21 bits per heavy atom. The van der Waals surface area contributed by atoms with Gasteiger partial charge in [0.25, 0.3) is 0 Å². The van der Waals surface area contributed by atoms with Crippen molar-refractivity contribution in [1.82, 2.24) is 9.80 Å². The van der Waals surface area contributed by atoms with E-state index in [2.05, 4.69) is 13.8 Å². The van der Waals surface area contributed by atoms with Gasteiger partial charge in [-0.2, -0.15) is 0 Å². The molecule has 154 valence electrons. The predicted molar refractivity (Wildman–Crippen MR) is 107 cm³/mol. The standard InChI is InChI=1S/C22H32N2O4/c1-5-17(6-2)23-14-16(12-21(23)25)22(26)24(18-7-8-18)13-15-11-19(27-3)9-10-20(15)28-4/h9-11,16-18H,5-8,12-14H2,1-4H3. The molecule has 3 rings (SSSR count). The summed E-state index contributed by atoms with van der Waals surface area (Å²) in [7, 11) is 3.27. The van der Waals surface area contributed by atoms with Crippen LogP contribution in [0, 0.1) is 5.92 Å². The van der Waals surface area contributed by atoms with Gasteiger partial charge in [-0.1, -0.05) is 13.8 Å². The average Bonchev–Trinajstić information content (AvgIpc) is 3.49. The largest absolute Gasteiger partial charge is 0.497 e. The van der Waals surface area contributed by atoms with Crippen molar-refractivity contribution < 1.29 is 19.1 Å². The monoisotopic (exact) mass is 388 g/mol. The quantitative estimate of drug-likeness (QED) is 0.652. The van der Waals surface area contributed by atoms with Crippen LogP contribution in [0.1, 0.15) is 51.5 Å². The minimum atomic E-state index is -0.245. The molecule has 6 nitrogen and oxygen atoms in total. The molecule has 0 N–H and O–H groups in total. The zero-order valence-corrected chi connectivity index (χ0v) is 17.4. The molecule has 1 aliphatic heterocycles. The van der Waals surface area contributed by atoms with E-state index in [1.54, 1.807) is 14.2 Å². The molecule has 0 spiro atoms. The molecular formula is C22H32N2O4. The molecule has 1 saturated heterocycles. The number of hydrogen-bond acceptors (Lipinski definition) is 4. The zero-order chi connectivity index (χ0) is 20.3. The summed E-state index contributed by atoms with van der Waals surface area (Å²) in [6, 6.07) is 6.16. The normalized spacial score (nSPS) is 19.2. The number of hydrogen-bond donors (Lipinski definition) is 0. The van der Waals surface area contributed by atoms with E-state index in [-0.39, 0.29) is 29.8 Å². The first-order chi connectivity index (χ1) is 13.5. The molecule has 2 amide bonds. The average molecular weight is 389 g/mol. The summed E-state index contributed by atoms with van der Waals surface area (Å²) in [5.41, 5.74) is 0.934. The third-order valence-corrected chi connectivity index (χ3v) is 5.99. The van der Waals surface area contributed by atoms with Crippen LogP contribution < -0.4 is 9.47 Å². The van der Waals surface area contributed by atoms with Crippen molar-refractivity contribution in [2.75, 3.05) is 20.8 Å². The third kappa shape index (κ3) is 4.26. The van der Waals surface area contributed by atoms with Crippen LogP contribution in [-0.4, -0.2) is 54.5 Å². The lowest BCUT2D eigenvalue weighted by Gasteiger charge is -2.28. The van der Waals surface area contributed by atoms with Crippen molar-refractivity contribution >= 4 is 11.8 Å². The summed E-state index contributed by atoms with van der Waals surface area (Å²) in [6.45, 7) is 5.23. The Labute approximate surface area is 167 Å². The van der Waals surface area contributed by atoms with E-state index < -0.39 is 0 Å². The van der Waals surface area contributed by atoms with E-state index in [0.29, 0.717) is 19.5 Å². The van der Waals surface area contributed by atoms with Gasteiger partial charge < -0.3 is 19.3 Å². The highest BCUT2D eigenvalue weighted by molar-refractivity contribution is 5.89. The molecule has 0 aromatic heterocycles. The van der Waals surface area contributed by atoms with Gasteiger partial charge >= 0.3 is 0 Å². The Balaban J connectivity index is 1.77. The Hall–Kier alpha value is -2.24. The molecule has 2 fully saturated rings. The number of methoxy groups -OCH3 is 2. The van der Waals surface area contributed by atoms with Crippen LogP contribution in [0.25, 0.3) is 0 Å². The van der Waals surface area contributed by atoms with E-state index in [1.165, 1.54) is 0 Å². The van der Waals surface area contributed by atoms with E-state index in [1.807, 2.05) is 28.0 Å². The highest BCUT2D eigenvalue weighted by Gasteiger charge is 2.42. The first-order valence-electron chi connectivity index (χ1n) is 10.3. The Morgan fingerprint density at radius 3 is 2.50 bits per heavy atom. The maximum Gasteiger partial charge on any atom is 0.228 e. The van der Waals surface area contributed by atoms with Crippen molar-refractivity contribution in [3.8, 4) is 11.5 Å². The summed E-state index contributed by atoms with van der Waals surface area (Å²) in [5.74, 6) is 1.46. The van der Waals surface area contributed by atoms with E-state index in [4.69, 9.17) is 9.47 Å². The lowest BCUT2D eigenvalue weighted by Crippen LogP contribution is -2.40. The van der Waals surface area contributed by atoms with Crippen LogP contribution >= 0.6 is 0 Å². The molecule has 6 heteroatoms. The fourth-order valence-corrected chi connectivity index (χ4v) is 4.18. The smallest absolute Gasteiger partial charge is 0.228 e. The molecule has 1 aromatic rings. The molecule has 1 atom stereocenters. The Bertz CT molecular complexity index is 712. The number of carbonyl (C=O) groups is 2. The second-order valence-corrected chi connectivity index (χ2v) is 7.79. The lowest BCUT2D eigenvalue weighted by atomic mass is 10.1. The molecule has 1 aromatic carbocycles. The molecule has 1 saturated carbocycles. The van der Waals surface area contributed by atoms with Gasteiger partial charge in [0.15, 0.2) is 0 Å². The van der Waals surface area contributed by atoms with Crippen molar-refractivity contribution in [3.05, 3.63) is 23.8 Å². The molecule has 1 heterocycles. The highest BCUT2D eigenvalue weighted by atomic mass is 16.5. The van der Waals surface area contributed by atoms with Crippen molar-refractivity contribution in [3.63, 3.8) is 0 Å². The fourth-order valence-electron chi connectivity index (χ4n) is 4.18. The minimum absolute atomic E-state index is 0.0918. The summed E-state index contributed by atoms with van der Waals surface area (Å²) in [5, 5.41) is 0. The van der Waals surface area contributed by atoms with Gasteiger partial charge in [0.2, 0.25) is 11.8 Å². The Morgan fingerprint density at radius 2 is 1.93 bits per heavy atom. The number of benzene rings is 1. The van der Waals surface area contributed by atoms with Crippen molar-refractivity contribution in [1.29, 1.82) is 0 Å². The summed E-state index contributed by atoms with van der Waals surface area (Å²) < 4.78 is 10.8. The summed E-state index contributed by atoms with van der Waals surface area (Å²) in [4.78, 5) is 29.7. The summed E-state index contributed by atoms with van der Waals surface area (Å²) in [6.07, 6.45) is 4.23. The zero-order valence-electron chi connectivity index (χ0n) is 17.4. The highest BCUT2D eigenvalue weighted by Crippen LogP contribution is 2.35. The van der Waals surface area contributed by atoms with Crippen LogP contribution in [0.3, 0.4) is 0 Å². The predicted octanol–water partition coefficient (Wildman–Crippen LogP) is 3.23. The van der Waals surface area contributed by atoms with E-state index >= 15 is 0 Å². The molecule has 1 aliphatic carbocycles. The van der Waals surface area contributed by atoms with Gasteiger partial charge in [-0.25, -0.2) is 0 Å². The van der Waals surface area contributed by atoms with Crippen molar-refractivity contribution in [2.24, 2.45) is 5.92 Å². The molecule has 2 aliphatic rings. The van der Waals surface area contributed by atoms with E-state index in [0.717, 1.165) is 42.7 Å². The van der Waals surface area contributed by atoms with Gasteiger partial charge in [-0.3, -0.25) is 9.59 Å². The van der Waals surface area contributed by atoms with E-state index in [9.17, 15) is 9.59 Å². The van der Waals surface area contributed by atoms with Crippen LogP contribution in [0.4, 0.5) is 0 Å². The van der Waals surface area contributed by atoms with Gasteiger partial charge in [0, 0.05) is 37.2 Å². The second kappa shape index (κ2) is 8.84. The number of amides is 2. The lowest BCUT2D eigenvalue weighted by molar-refractivity contribution is -0.137. The molecule has 0 bridgehead atoms. The van der Waals surface area contributed by atoms with Crippen molar-refractivity contribution in [2.45, 2.75) is 64.6 Å². The van der Waals surface area contributed by atoms with Crippen LogP contribution in [-0.2, 0) is 16.1 Å². The second-order valence-electron chi connectivity index (χ2n) is 7.79. The first-order valence-corrected chi connectivity index (χ1v) is 10.3. The molecule has 28 heavy (non-hydrogen) atoms. The first kappa shape index (κ1) is 20.5. The SMILES string of the molecule is CCC(CC)N1CC(C(=O)N(Cc2cc(OC)ccc2OC)C2CC2)CC1=O. The van der Waals surface area contributed by atoms with Crippen LogP contribution in [0.5, 0.6) is 11.5 Å². The maximum absolute atomic E-state index is 13.4. The van der Waals surface area contributed by atoms with Gasteiger partial charge in [-0.15, -0.1) is 0 Å². The van der Waals surface area contributed by atoms with Crippen LogP contribution in [0.15, 0.2) is 18.2 Å². The molecule has 1 unspecified atom stereocenters. The number of ether oxygens (including phenoxy) is 2. The minimum Gasteiger partial charge on any atom is -0.497 e.